The van der Waals surface area contributed by atoms with Crippen LogP contribution in [-0.4, -0.2) is 10.8 Å². The average Bonchev–Trinajstić information content (AvgIpc) is 2.37. The van der Waals surface area contributed by atoms with Gasteiger partial charge in [0.05, 0.1) is 0 Å². The van der Waals surface area contributed by atoms with Gasteiger partial charge < -0.3 is 5.73 Å². The van der Waals surface area contributed by atoms with E-state index in [2.05, 4.69) is 50.7 Å². The highest BCUT2D eigenvalue weighted by atomic mass is 79.9. The molecule has 0 bridgehead atoms. The molecule has 1 aromatic carbocycles. The lowest BCUT2D eigenvalue weighted by Crippen LogP contribution is -2.26. The molecule has 3 N–H and O–H groups in total. The van der Waals surface area contributed by atoms with E-state index in [-0.39, 0.29) is 5.11 Å². The molecule has 0 radical (unpaired) electrons. The van der Waals surface area contributed by atoms with E-state index in [4.69, 9.17) is 18.0 Å². The first-order chi connectivity index (χ1) is 8.65. The quantitative estimate of drug-likeness (QED) is 0.648. The minimum atomic E-state index is 0.230. The standard InChI is InChI=1S/C13H16BrN3S/c14-11-6-4-9(5-7-11)10-2-1-3-12(8-10)16-17-13(15)18/h4-7,10H,1-3,8H2,(H3,15,17,18)/b16-12-. The van der Waals surface area contributed by atoms with Gasteiger partial charge >= 0.3 is 0 Å². The van der Waals surface area contributed by atoms with Crippen LogP contribution < -0.4 is 11.2 Å². The summed E-state index contributed by atoms with van der Waals surface area (Å²) in [6.45, 7) is 0. The van der Waals surface area contributed by atoms with Crippen molar-refractivity contribution in [2.45, 2.75) is 31.6 Å². The van der Waals surface area contributed by atoms with E-state index >= 15 is 0 Å². The Balaban J connectivity index is 2.04. The minimum Gasteiger partial charge on any atom is -0.375 e. The second kappa shape index (κ2) is 6.29. The van der Waals surface area contributed by atoms with Gasteiger partial charge in [0, 0.05) is 10.2 Å². The third kappa shape index (κ3) is 3.78. The molecule has 0 saturated heterocycles. The van der Waals surface area contributed by atoms with Crippen molar-refractivity contribution in [1.29, 1.82) is 0 Å². The Kier molecular flexibility index (Phi) is 4.72. The molecule has 3 nitrogen and oxygen atoms in total. The van der Waals surface area contributed by atoms with Gasteiger partial charge in [-0.1, -0.05) is 28.1 Å². The van der Waals surface area contributed by atoms with E-state index in [0.717, 1.165) is 23.0 Å². The van der Waals surface area contributed by atoms with Crippen LogP contribution in [0.3, 0.4) is 0 Å². The maximum Gasteiger partial charge on any atom is 0.184 e. The maximum absolute atomic E-state index is 5.38. The Hall–Kier alpha value is -0.940. The van der Waals surface area contributed by atoms with E-state index in [1.807, 2.05) is 0 Å². The maximum atomic E-state index is 5.38. The van der Waals surface area contributed by atoms with Gasteiger partial charge in [0.15, 0.2) is 5.11 Å². The first-order valence-corrected chi connectivity index (χ1v) is 7.21. The Morgan fingerprint density at radius 3 is 2.78 bits per heavy atom. The van der Waals surface area contributed by atoms with Gasteiger partial charge in [-0.25, -0.2) is 0 Å². The van der Waals surface area contributed by atoms with Crippen LogP contribution in [0.4, 0.5) is 0 Å². The molecule has 0 heterocycles. The molecule has 0 spiro atoms. The van der Waals surface area contributed by atoms with Crippen LogP contribution in [-0.2, 0) is 0 Å². The monoisotopic (exact) mass is 325 g/mol. The number of thiocarbonyl (C=S) groups is 1. The minimum absolute atomic E-state index is 0.230. The topological polar surface area (TPSA) is 50.4 Å². The van der Waals surface area contributed by atoms with Crippen LogP contribution in [0, 0.1) is 0 Å². The van der Waals surface area contributed by atoms with Gasteiger partial charge in [0.25, 0.3) is 0 Å². The molecule has 0 aromatic heterocycles. The number of nitrogens with zero attached hydrogens (tertiary/aromatic N) is 1. The molecule has 96 valence electrons. The molecule has 1 saturated carbocycles. The molecule has 1 aromatic rings. The van der Waals surface area contributed by atoms with Gasteiger partial charge in [-0.05, 0) is 61.5 Å². The van der Waals surface area contributed by atoms with Gasteiger partial charge in [-0.15, -0.1) is 0 Å². The lowest BCUT2D eigenvalue weighted by Gasteiger charge is -2.23. The van der Waals surface area contributed by atoms with E-state index < -0.39 is 0 Å². The molecular formula is C13H16BrN3S. The van der Waals surface area contributed by atoms with Crippen molar-refractivity contribution < 1.29 is 0 Å². The van der Waals surface area contributed by atoms with Gasteiger partial charge in [0.2, 0.25) is 0 Å². The average molecular weight is 326 g/mol. The van der Waals surface area contributed by atoms with Crippen LogP contribution in [0.2, 0.25) is 0 Å². The fraction of sp³-hybridized carbons (Fsp3) is 0.385. The molecule has 18 heavy (non-hydrogen) atoms. The fourth-order valence-corrected chi connectivity index (χ4v) is 2.61. The first kappa shape index (κ1) is 13.5. The second-order valence-corrected chi connectivity index (χ2v) is 5.85. The molecule has 1 atom stereocenters. The van der Waals surface area contributed by atoms with Crippen LogP contribution in [0.25, 0.3) is 0 Å². The molecule has 0 amide bonds. The third-order valence-electron chi connectivity index (χ3n) is 3.17. The number of hydrazone groups is 1. The number of halogens is 1. The van der Waals surface area contributed by atoms with Crippen molar-refractivity contribution in [2.75, 3.05) is 0 Å². The lowest BCUT2D eigenvalue weighted by molar-refractivity contribution is 0.575. The Morgan fingerprint density at radius 2 is 2.11 bits per heavy atom. The van der Waals surface area contributed by atoms with Crippen molar-refractivity contribution >= 4 is 39.0 Å². The normalized spacial score (nSPS) is 21.8. The van der Waals surface area contributed by atoms with Crippen LogP contribution in [0.5, 0.6) is 0 Å². The summed E-state index contributed by atoms with van der Waals surface area (Å²) in [5.41, 5.74) is 10.6. The number of rotatable bonds is 2. The summed E-state index contributed by atoms with van der Waals surface area (Å²) in [5, 5.41) is 4.50. The SMILES string of the molecule is NC(=S)N/N=C1/CCCC(c2ccc(Br)cc2)C1. The number of nitrogens with one attached hydrogen (secondary N) is 1. The Bertz CT molecular complexity index is 456. The van der Waals surface area contributed by atoms with Crippen molar-refractivity contribution in [3.05, 3.63) is 34.3 Å². The zero-order chi connectivity index (χ0) is 13.0. The van der Waals surface area contributed by atoms with Crippen molar-refractivity contribution in [3.8, 4) is 0 Å². The van der Waals surface area contributed by atoms with Crippen LogP contribution >= 0.6 is 28.1 Å². The molecular weight excluding hydrogens is 310 g/mol. The number of hydrogen-bond acceptors (Lipinski definition) is 2. The Morgan fingerprint density at radius 1 is 1.39 bits per heavy atom. The molecule has 1 unspecified atom stereocenters. The number of nitrogens with two attached hydrogens (primary N) is 1. The predicted molar refractivity (Wildman–Crippen MR) is 82.7 cm³/mol. The summed E-state index contributed by atoms with van der Waals surface area (Å²) >= 11 is 8.22. The zero-order valence-electron chi connectivity index (χ0n) is 10.0. The third-order valence-corrected chi connectivity index (χ3v) is 3.79. The molecule has 0 aliphatic heterocycles. The highest BCUT2D eigenvalue weighted by Gasteiger charge is 2.19. The van der Waals surface area contributed by atoms with E-state index in [1.165, 1.54) is 18.4 Å². The van der Waals surface area contributed by atoms with Gasteiger partial charge in [0.1, 0.15) is 0 Å². The van der Waals surface area contributed by atoms with E-state index in [0.29, 0.717) is 5.92 Å². The summed E-state index contributed by atoms with van der Waals surface area (Å²) in [6.07, 6.45) is 4.40. The fourth-order valence-electron chi connectivity index (χ4n) is 2.30. The van der Waals surface area contributed by atoms with E-state index in [1.54, 1.807) is 0 Å². The molecule has 1 aliphatic carbocycles. The highest BCUT2D eigenvalue weighted by Crippen LogP contribution is 2.31. The highest BCUT2D eigenvalue weighted by molar-refractivity contribution is 9.10. The summed E-state index contributed by atoms with van der Waals surface area (Å²) in [7, 11) is 0. The van der Waals surface area contributed by atoms with Crippen molar-refractivity contribution in [1.82, 2.24) is 5.43 Å². The molecule has 2 rings (SSSR count). The second-order valence-electron chi connectivity index (χ2n) is 4.50. The summed E-state index contributed by atoms with van der Waals surface area (Å²) in [5.74, 6) is 0.554. The van der Waals surface area contributed by atoms with E-state index in [9.17, 15) is 0 Å². The smallest absolute Gasteiger partial charge is 0.184 e. The Labute approximate surface area is 121 Å². The number of benzene rings is 1. The lowest BCUT2D eigenvalue weighted by atomic mass is 9.83. The van der Waals surface area contributed by atoms with Crippen molar-refractivity contribution in [3.63, 3.8) is 0 Å². The summed E-state index contributed by atoms with van der Waals surface area (Å²) in [4.78, 5) is 0. The first-order valence-electron chi connectivity index (χ1n) is 6.01. The largest absolute Gasteiger partial charge is 0.375 e. The molecule has 1 fully saturated rings. The summed E-state index contributed by atoms with van der Waals surface area (Å²) in [6, 6.07) is 8.54. The molecule has 5 heteroatoms. The number of hydrogen-bond donors (Lipinski definition) is 2. The summed E-state index contributed by atoms with van der Waals surface area (Å²) < 4.78 is 1.12. The van der Waals surface area contributed by atoms with Crippen LogP contribution in [0.1, 0.15) is 37.2 Å². The predicted octanol–water partition coefficient (Wildman–Crippen LogP) is 3.30. The molecule has 1 aliphatic rings. The van der Waals surface area contributed by atoms with Crippen LogP contribution in [0.15, 0.2) is 33.8 Å². The van der Waals surface area contributed by atoms with Gasteiger partial charge in [-0.3, -0.25) is 5.43 Å². The van der Waals surface area contributed by atoms with Gasteiger partial charge in [-0.2, -0.15) is 5.10 Å². The van der Waals surface area contributed by atoms with Crippen molar-refractivity contribution in [2.24, 2.45) is 10.8 Å². The zero-order valence-corrected chi connectivity index (χ0v) is 12.4.